The van der Waals surface area contributed by atoms with E-state index in [2.05, 4.69) is 5.32 Å². The first kappa shape index (κ1) is 17.4. The molecule has 7 heteroatoms. The van der Waals surface area contributed by atoms with E-state index in [0.717, 1.165) is 6.42 Å². The van der Waals surface area contributed by atoms with Crippen LogP contribution in [0.3, 0.4) is 0 Å². The molecule has 0 bridgehead atoms. The summed E-state index contributed by atoms with van der Waals surface area (Å²) in [6, 6.07) is 0.0666. The maximum atomic E-state index is 12.3. The molecule has 0 spiro atoms. The van der Waals surface area contributed by atoms with Crippen LogP contribution < -0.4 is 5.32 Å². The van der Waals surface area contributed by atoms with E-state index in [1.54, 1.807) is 12.0 Å². The lowest BCUT2D eigenvalue weighted by molar-refractivity contribution is -0.132. The van der Waals surface area contributed by atoms with E-state index in [9.17, 15) is 13.2 Å². The van der Waals surface area contributed by atoms with Crippen LogP contribution in [0.1, 0.15) is 26.7 Å². The number of amides is 1. The van der Waals surface area contributed by atoms with E-state index in [1.165, 1.54) is 0 Å². The molecule has 6 nitrogen and oxygen atoms in total. The number of carbonyl (C=O) groups is 1. The highest BCUT2D eigenvalue weighted by Gasteiger charge is 2.34. The molecule has 0 aliphatic carbocycles. The summed E-state index contributed by atoms with van der Waals surface area (Å²) in [5.41, 5.74) is 0. The molecule has 20 heavy (non-hydrogen) atoms. The van der Waals surface area contributed by atoms with Crippen LogP contribution in [0.2, 0.25) is 0 Å². The van der Waals surface area contributed by atoms with Gasteiger partial charge in [0, 0.05) is 25.7 Å². The molecule has 2 atom stereocenters. The molecule has 2 unspecified atom stereocenters. The quantitative estimate of drug-likeness (QED) is 0.685. The van der Waals surface area contributed by atoms with Gasteiger partial charge in [0.15, 0.2) is 9.84 Å². The number of hydrogen-bond donors (Lipinski definition) is 1. The molecule has 1 amide bonds. The highest BCUT2D eigenvalue weighted by molar-refractivity contribution is 7.91. The fourth-order valence-corrected chi connectivity index (χ4v) is 3.96. The minimum absolute atomic E-state index is 0.0514. The van der Waals surface area contributed by atoms with Gasteiger partial charge in [0.05, 0.1) is 24.7 Å². The Labute approximate surface area is 121 Å². The van der Waals surface area contributed by atoms with Crippen molar-refractivity contribution in [2.24, 2.45) is 0 Å². The van der Waals surface area contributed by atoms with E-state index in [4.69, 9.17) is 4.74 Å². The SMILES string of the molecule is CCC(C)NCC(=O)N(CCOC)C1CCS(=O)(=O)C1. The van der Waals surface area contributed by atoms with E-state index < -0.39 is 9.84 Å². The van der Waals surface area contributed by atoms with Gasteiger partial charge in [-0.3, -0.25) is 4.79 Å². The number of methoxy groups -OCH3 is 1. The number of ether oxygens (including phenoxy) is 1. The Morgan fingerprint density at radius 2 is 2.20 bits per heavy atom. The van der Waals surface area contributed by atoms with Crippen LogP contribution in [0.25, 0.3) is 0 Å². The van der Waals surface area contributed by atoms with Crippen LogP contribution in [-0.4, -0.2) is 69.6 Å². The molecule has 0 saturated carbocycles. The molecule has 1 aliphatic heterocycles. The van der Waals surface area contributed by atoms with E-state index in [-0.39, 0.29) is 36.0 Å². The summed E-state index contributed by atoms with van der Waals surface area (Å²) >= 11 is 0. The minimum Gasteiger partial charge on any atom is -0.383 e. The highest BCUT2D eigenvalue weighted by atomic mass is 32.2. The molecule has 1 rings (SSSR count). The largest absolute Gasteiger partial charge is 0.383 e. The fraction of sp³-hybridized carbons (Fsp3) is 0.923. The maximum Gasteiger partial charge on any atom is 0.236 e. The predicted octanol–water partition coefficient (Wildman–Crippen LogP) is 0.0366. The lowest BCUT2D eigenvalue weighted by Gasteiger charge is -2.28. The lowest BCUT2D eigenvalue weighted by Crippen LogP contribution is -2.47. The van der Waals surface area contributed by atoms with Crippen LogP contribution in [0.4, 0.5) is 0 Å². The zero-order valence-electron chi connectivity index (χ0n) is 12.6. The molecule has 0 radical (unpaired) electrons. The van der Waals surface area contributed by atoms with Gasteiger partial charge in [-0.1, -0.05) is 6.92 Å². The van der Waals surface area contributed by atoms with E-state index >= 15 is 0 Å². The van der Waals surface area contributed by atoms with Crippen molar-refractivity contribution in [2.45, 2.75) is 38.8 Å². The number of carbonyl (C=O) groups excluding carboxylic acids is 1. The summed E-state index contributed by atoms with van der Waals surface area (Å²) in [6.07, 6.45) is 1.48. The highest BCUT2D eigenvalue weighted by Crippen LogP contribution is 2.17. The second-order valence-corrected chi connectivity index (χ2v) is 7.56. The third-order valence-corrected chi connectivity index (χ3v) is 5.47. The molecule has 1 saturated heterocycles. The van der Waals surface area contributed by atoms with Crippen molar-refractivity contribution in [3.05, 3.63) is 0 Å². The van der Waals surface area contributed by atoms with Gasteiger partial charge in [0.2, 0.25) is 5.91 Å². The molecule has 0 aromatic carbocycles. The Hall–Kier alpha value is -0.660. The summed E-state index contributed by atoms with van der Waals surface area (Å²) in [7, 11) is -1.42. The lowest BCUT2D eigenvalue weighted by atomic mass is 10.2. The standard InChI is InChI=1S/C13H26N2O4S/c1-4-11(2)14-9-13(16)15(6-7-19-3)12-5-8-20(17,18)10-12/h11-12,14H,4-10H2,1-3H3. The Morgan fingerprint density at radius 1 is 1.50 bits per heavy atom. The van der Waals surface area contributed by atoms with Crippen molar-refractivity contribution >= 4 is 15.7 Å². The maximum absolute atomic E-state index is 12.3. The minimum atomic E-state index is -2.99. The van der Waals surface area contributed by atoms with Gasteiger partial charge in [-0.15, -0.1) is 0 Å². The Kier molecular flexibility index (Phi) is 6.91. The van der Waals surface area contributed by atoms with Crippen molar-refractivity contribution in [3.8, 4) is 0 Å². The van der Waals surface area contributed by atoms with Gasteiger partial charge in [-0.2, -0.15) is 0 Å². The summed E-state index contributed by atoms with van der Waals surface area (Å²) < 4.78 is 28.2. The summed E-state index contributed by atoms with van der Waals surface area (Å²) in [5, 5.41) is 3.15. The number of nitrogens with zero attached hydrogens (tertiary/aromatic N) is 1. The number of hydrogen-bond acceptors (Lipinski definition) is 5. The van der Waals surface area contributed by atoms with Crippen LogP contribution in [0.5, 0.6) is 0 Å². The fourth-order valence-electron chi connectivity index (χ4n) is 2.23. The first-order valence-electron chi connectivity index (χ1n) is 7.11. The number of rotatable bonds is 8. The zero-order valence-corrected chi connectivity index (χ0v) is 13.4. The first-order chi connectivity index (χ1) is 9.39. The van der Waals surface area contributed by atoms with Gasteiger partial charge >= 0.3 is 0 Å². The number of nitrogens with one attached hydrogen (secondary N) is 1. The Morgan fingerprint density at radius 3 is 2.70 bits per heavy atom. The number of sulfone groups is 1. The van der Waals surface area contributed by atoms with Crippen molar-refractivity contribution in [2.75, 3.05) is 38.3 Å². The molecule has 1 aliphatic rings. The molecular weight excluding hydrogens is 280 g/mol. The Bertz CT molecular complexity index is 411. The average molecular weight is 306 g/mol. The normalized spacial score (nSPS) is 22.6. The molecule has 118 valence electrons. The van der Waals surface area contributed by atoms with Crippen LogP contribution in [-0.2, 0) is 19.4 Å². The second kappa shape index (κ2) is 7.95. The van der Waals surface area contributed by atoms with Crippen LogP contribution >= 0.6 is 0 Å². The third-order valence-electron chi connectivity index (χ3n) is 3.72. The van der Waals surface area contributed by atoms with E-state index in [0.29, 0.717) is 19.6 Å². The molecule has 0 aromatic heterocycles. The van der Waals surface area contributed by atoms with Crippen LogP contribution in [0.15, 0.2) is 0 Å². The smallest absolute Gasteiger partial charge is 0.236 e. The summed E-state index contributed by atoms with van der Waals surface area (Å²) in [5.74, 6) is 0.198. The van der Waals surface area contributed by atoms with Crippen LogP contribution in [0, 0.1) is 0 Å². The Balaban J connectivity index is 2.61. The summed E-state index contributed by atoms with van der Waals surface area (Å²) in [4.78, 5) is 13.9. The molecule has 1 N–H and O–H groups in total. The van der Waals surface area contributed by atoms with Gasteiger partial charge in [0.1, 0.15) is 0 Å². The predicted molar refractivity (Wildman–Crippen MR) is 78.4 cm³/mol. The topological polar surface area (TPSA) is 75.7 Å². The second-order valence-electron chi connectivity index (χ2n) is 5.33. The zero-order chi connectivity index (χ0) is 15.2. The van der Waals surface area contributed by atoms with Crippen molar-refractivity contribution in [3.63, 3.8) is 0 Å². The third kappa shape index (κ3) is 5.38. The van der Waals surface area contributed by atoms with Gasteiger partial charge in [-0.25, -0.2) is 8.42 Å². The van der Waals surface area contributed by atoms with Crippen molar-refractivity contribution < 1.29 is 17.9 Å². The average Bonchev–Trinajstić information content (AvgIpc) is 2.76. The van der Waals surface area contributed by atoms with E-state index in [1.807, 2.05) is 13.8 Å². The molecule has 1 fully saturated rings. The molecule has 0 aromatic rings. The molecular formula is C13H26N2O4S. The van der Waals surface area contributed by atoms with Gasteiger partial charge < -0.3 is 15.0 Å². The summed E-state index contributed by atoms with van der Waals surface area (Å²) in [6.45, 7) is 5.18. The van der Waals surface area contributed by atoms with Gasteiger partial charge in [-0.05, 0) is 19.8 Å². The van der Waals surface area contributed by atoms with Crippen molar-refractivity contribution in [1.29, 1.82) is 0 Å². The van der Waals surface area contributed by atoms with Crippen molar-refractivity contribution in [1.82, 2.24) is 10.2 Å². The monoisotopic (exact) mass is 306 g/mol. The molecule has 1 heterocycles. The first-order valence-corrected chi connectivity index (χ1v) is 8.94. The van der Waals surface area contributed by atoms with Gasteiger partial charge in [0.25, 0.3) is 0 Å².